The molecule has 25 heavy (non-hydrogen) atoms. The number of hydrogen-bond acceptors (Lipinski definition) is 3. The summed E-state index contributed by atoms with van der Waals surface area (Å²) in [4.78, 5) is 28.0. The van der Waals surface area contributed by atoms with Gasteiger partial charge in [-0.15, -0.1) is 0 Å². The zero-order valence-corrected chi connectivity index (χ0v) is 14.8. The van der Waals surface area contributed by atoms with Crippen LogP contribution >= 0.6 is 0 Å². The van der Waals surface area contributed by atoms with Gasteiger partial charge in [-0.2, -0.15) is 0 Å². The van der Waals surface area contributed by atoms with Crippen molar-refractivity contribution in [2.24, 2.45) is 0 Å². The first kappa shape index (κ1) is 17.1. The fourth-order valence-electron chi connectivity index (χ4n) is 3.23. The van der Waals surface area contributed by atoms with Gasteiger partial charge in [0.2, 0.25) is 0 Å². The third kappa shape index (κ3) is 3.55. The van der Waals surface area contributed by atoms with Crippen LogP contribution in [0, 0.1) is 0 Å². The van der Waals surface area contributed by atoms with Crippen LogP contribution < -0.4 is 10.6 Å². The lowest BCUT2D eigenvalue weighted by Crippen LogP contribution is -2.32. The molecule has 0 unspecified atom stereocenters. The molecule has 5 heteroatoms. The van der Waals surface area contributed by atoms with Crippen LogP contribution in [-0.2, 0) is 12.8 Å². The molecule has 1 aromatic carbocycles. The molecule has 2 heterocycles. The second kappa shape index (κ2) is 7.05. The molecule has 1 aliphatic heterocycles. The van der Waals surface area contributed by atoms with Gasteiger partial charge in [-0.3, -0.25) is 14.6 Å². The van der Waals surface area contributed by atoms with Gasteiger partial charge in [-0.1, -0.05) is 26.0 Å². The Balaban J connectivity index is 1.94. The normalized spacial score (nSPS) is 13.4. The smallest absolute Gasteiger partial charge is 0.269 e. The van der Waals surface area contributed by atoms with Gasteiger partial charge in [0.1, 0.15) is 5.69 Å². The molecule has 0 bridgehead atoms. The molecule has 2 aromatic rings. The number of nitrogens with one attached hydrogen (secondary N) is 2. The molecule has 0 aliphatic carbocycles. The number of pyridine rings is 1. The van der Waals surface area contributed by atoms with Crippen molar-refractivity contribution in [2.45, 2.75) is 32.6 Å². The molecule has 0 radical (unpaired) electrons. The van der Waals surface area contributed by atoms with Crippen LogP contribution in [-0.4, -0.2) is 30.4 Å². The van der Waals surface area contributed by atoms with Gasteiger partial charge in [0, 0.05) is 25.4 Å². The van der Waals surface area contributed by atoms with Crippen LogP contribution in [0.2, 0.25) is 0 Å². The van der Waals surface area contributed by atoms with E-state index in [1.54, 1.807) is 19.3 Å². The van der Waals surface area contributed by atoms with Crippen LogP contribution in [0.1, 0.15) is 62.9 Å². The summed E-state index contributed by atoms with van der Waals surface area (Å²) in [7, 11) is 1.59. The summed E-state index contributed by atoms with van der Waals surface area (Å²) in [6.07, 6.45) is 3.30. The van der Waals surface area contributed by atoms with Crippen LogP contribution in [0.25, 0.3) is 0 Å². The number of amides is 2. The van der Waals surface area contributed by atoms with Gasteiger partial charge < -0.3 is 10.6 Å². The molecule has 2 N–H and O–H groups in total. The summed E-state index contributed by atoms with van der Waals surface area (Å²) in [6.45, 7) is 5.04. The summed E-state index contributed by atoms with van der Waals surface area (Å²) in [5.74, 6) is 0.189. The van der Waals surface area contributed by atoms with E-state index < -0.39 is 0 Å². The summed E-state index contributed by atoms with van der Waals surface area (Å²) in [5.41, 5.74) is 5.74. The summed E-state index contributed by atoms with van der Waals surface area (Å²) >= 11 is 0. The van der Waals surface area contributed by atoms with E-state index in [-0.39, 0.29) is 11.8 Å². The number of aromatic nitrogens is 1. The predicted octanol–water partition coefficient (Wildman–Crippen LogP) is 2.44. The van der Waals surface area contributed by atoms with E-state index in [9.17, 15) is 9.59 Å². The third-order valence-electron chi connectivity index (χ3n) is 4.59. The molecule has 0 atom stereocenters. The summed E-state index contributed by atoms with van der Waals surface area (Å²) < 4.78 is 0. The minimum atomic E-state index is -0.195. The van der Waals surface area contributed by atoms with E-state index >= 15 is 0 Å². The second-order valence-electron chi connectivity index (χ2n) is 6.68. The highest BCUT2D eigenvalue weighted by Crippen LogP contribution is 2.27. The van der Waals surface area contributed by atoms with Crippen molar-refractivity contribution in [2.75, 3.05) is 13.6 Å². The fourth-order valence-corrected chi connectivity index (χ4v) is 3.23. The van der Waals surface area contributed by atoms with Crippen molar-refractivity contribution < 1.29 is 9.59 Å². The van der Waals surface area contributed by atoms with E-state index in [4.69, 9.17) is 0 Å². The molecule has 1 aromatic heterocycles. The first-order valence-electron chi connectivity index (χ1n) is 8.60. The molecule has 5 nitrogen and oxygen atoms in total. The third-order valence-corrected chi connectivity index (χ3v) is 4.59. The number of carbonyl (C=O) groups is 2. The lowest BCUT2D eigenvalue weighted by atomic mass is 9.87. The van der Waals surface area contributed by atoms with Crippen molar-refractivity contribution in [1.29, 1.82) is 0 Å². The lowest BCUT2D eigenvalue weighted by molar-refractivity contribution is 0.0941. The Labute approximate surface area is 147 Å². The van der Waals surface area contributed by atoms with E-state index in [0.29, 0.717) is 24.6 Å². The lowest BCUT2D eigenvalue weighted by Gasteiger charge is -2.21. The Hall–Kier alpha value is -2.69. The van der Waals surface area contributed by atoms with Crippen molar-refractivity contribution >= 4 is 11.8 Å². The van der Waals surface area contributed by atoms with E-state index in [2.05, 4.69) is 35.5 Å². The zero-order chi connectivity index (χ0) is 18.0. The van der Waals surface area contributed by atoms with Gasteiger partial charge >= 0.3 is 0 Å². The van der Waals surface area contributed by atoms with Crippen molar-refractivity contribution in [3.63, 3.8) is 0 Å². The average molecular weight is 337 g/mol. The molecule has 130 valence electrons. The molecule has 2 amide bonds. The fraction of sp³-hybridized carbons (Fsp3) is 0.350. The molecule has 0 fully saturated rings. The van der Waals surface area contributed by atoms with Gasteiger partial charge in [0.25, 0.3) is 11.8 Å². The number of carbonyl (C=O) groups excluding carboxylic acids is 2. The Morgan fingerprint density at radius 2 is 2.12 bits per heavy atom. The predicted molar refractivity (Wildman–Crippen MR) is 97.0 cm³/mol. The molecule has 0 saturated carbocycles. The van der Waals surface area contributed by atoms with E-state index in [1.165, 1.54) is 5.56 Å². The highest BCUT2D eigenvalue weighted by atomic mass is 16.2. The number of hydrogen-bond donors (Lipinski definition) is 2. The minimum Gasteiger partial charge on any atom is -0.354 e. The van der Waals surface area contributed by atoms with Crippen LogP contribution in [0.3, 0.4) is 0 Å². The van der Waals surface area contributed by atoms with Crippen molar-refractivity contribution in [3.8, 4) is 0 Å². The van der Waals surface area contributed by atoms with Gasteiger partial charge in [0.05, 0.1) is 0 Å². The molecular formula is C20H23N3O2. The van der Waals surface area contributed by atoms with Gasteiger partial charge in [-0.25, -0.2) is 0 Å². The first-order chi connectivity index (χ1) is 12.0. The number of fused-ring (bicyclic) bond motifs is 1. The van der Waals surface area contributed by atoms with E-state index in [1.807, 2.05) is 12.1 Å². The number of benzene rings is 1. The maximum absolute atomic E-state index is 12.2. The molecule has 1 aliphatic rings. The van der Waals surface area contributed by atoms with Gasteiger partial charge in [0.15, 0.2) is 0 Å². The SMILES string of the molecule is CNC(=O)c1ccc(Cc2cc3c(cc2C(C)C)CCNC3=O)cn1. The molecule has 0 saturated heterocycles. The second-order valence-corrected chi connectivity index (χ2v) is 6.68. The monoisotopic (exact) mass is 337 g/mol. The summed E-state index contributed by atoms with van der Waals surface area (Å²) in [5, 5.41) is 5.48. The highest BCUT2D eigenvalue weighted by Gasteiger charge is 2.20. The van der Waals surface area contributed by atoms with E-state index in [0.717, 1.165) is 28.7 Å². The maximum atomic E-state index is 12.2. The molecular weight excluding hydrogens is 314 g/mol. The number of nitrogens with zero attached hydrogens (tertiary/aromatic N) is 1. The van der Waals surface area contributed by atoms with Crippen molar-refractivity contribution in [1.82, 2.24) is 15.6 Å². The quantitative estimate of drug-likeness (QED) is 0.900. The Morgan fingerprint density at radius 3 is 2.76 bits per heavy atom. The van der Waals surface area contributed by atoms with Crippen LogP contribution in [0.5, 0.6) is 0 Å². The Kier molecular flexibility index (Phi) is 4.83. The highest BCUT2D eigenvalue weighted by molar-refractivity contribution is 5.97. The van der Waals surface area contributed by atoms with Crippen molar-refractivity contribution in [3.05, 3.63) is 64.0 Å². The average Bonchev–Trinajstić information content (AvgIpc) is 2.61. The topological polar surface area (TPSA) is 71.1 Å². The minimum absolute atomic E-state index is 0.00546. The van der Waals surface area contributed by atoms with Crippen LogP contribution in [0.4, 0.5) is 0 Å². The van der Waals surface area contributed by atoms with Crippen LogP contribution in [0.15, 0.2) is 30.5 Å². The van der Waals surface area contributed by atoms with Gasteiger partial charge in [-0.05, 0) is 53.1 Å². The number of rotatable bonds is 4. The standard InChI is InChI=1S/C20H23N3O2/c1-12(2)16-9-14-6-7-22-19(24)17(14)10-15(16)8-13-4-5-18(23-11-13)20(25)21-3/h4-5,9-12H,6-8H2,1-3H3,(H,21,25)(H,22,24). The maximum Gasteiger partial charge on any atom is 0.269 e. The molecule has 3 rings (SSSR count). The Morgan fingerprint density at radius 1 is 1.32 bits per heavy atom. The molecule has 0 spiro atoms. The first-order valence-corrected chi connectivity index (χ1v) is 8.60. The largest absolute Gasteiger partial charge is 0.354 e. The Bertz CT molecular complexity index is 810. The zero-order valence-electron chi connectivity index (χ0n) is 14.8. The summed E-state index contributed by atoms with van der Waals surface area (Å²) in [6, 6.07) is 7.85.